The van der Waals surface area contributed by atoms with Crippen LogP contribution in [-0.2, 0) is 14.3 Å². The monoisotopic (exact) mass is 414 g/mol. The smallest absolute Gasteiger partial charge is 0.306 e. The molecular weight excluding hydrogens is 392 g/mol. The van der Waals surface area contributed by atoms with Gasteiger partial charge < -0.3 is 14.8 Å². The summed E-state index contributed by atoms with van der Waals surface area (Å²) in [5, 5.41) is 14.0. The van der Waals surface area contributed by atoms with Gasteiger partial charge >= 0.3 is 5.97 Å². The van der Waals surface area contributed by atoms with Crippen LogP contribution in [0.15, 0.2) is 18.2 Å². The van der Waals surface area contributed by atoms with E-state index >= 15 is 0 Å². The Morgan fingerprint density at radius 2 is 2.19 bits per heavy atom. The van der Waals surface area contributed by atoms with Crippen LogP contribution in [-0.4, -0.2) is 41.5 Å². The van der Waals surface area contributed by atoms with Gasteiger partial charge in [-0.25, -0.2) is 0 Å². The van der Waals surface area contributed by atoms with Gasteiger partial charge in [0, 0.05) is 29.6 Å². The van der Waals surface area contributed by atoms with Crippen molar-refractivity contribution in [3.63, 3.8) is 0 Å². The van der Waals surface area contributed by atoms with Crippen molar-refractivity contribution in [1.82, 2.24) is 0 Å². The number of nitro groups is 1. The van der Waals surface area contributed by atoms with E-state index in [-0.39, 0.29) is 23.5 Å². The summed E-state index contributed by atoms with van der Waals surface area (Å²) in [6.45, 7) is -0.445. The molecule has 0 aromatic heterocycles. The highest BCUT2D eigenvalue weighted by molar-refractivity contribution is 8.77. The van der Waals surface area contributed by atoms with Crippen LogP contribution in [0.1, 0.15) is 32.1 Å². The molecule has 1 aliphatic heterocycles. The normalized spacial score (nSPS) is 16.0. The lowest BCUT2D eigenvalue weighted by atomic mass is 10.1. The van der Waals surface area contributed by atoms with Gasteiger partial charge in [0.05, 0.1) is 17.7 Å². The van der Waals surface area contributed by atoms with Crippen molar-refractivity contribution in [3.8, 4) is 5.75 Å². The summed E-state index contributed by atoms with van der Waals surface area (Å²) in [7, 11) is 5.20. The Morgan fingerprint density at radius 3 is 2.85 bits per heavy atom. The van der Waals surface area contributed by atoms with Crippen LogP contribution in [0.5, 0.6) is 5.75 Å². The summed E-state index contributed by atoms with van der Waals surface area (Å²) in [6.07, 6.45) is 4.29. The Labute approximate surface area is 165 Å². The number of anilines is 1. The second kappa shape index (κ2) is 11.0. The van der Waals surface area contributed by atoms with E-state index in [0.717, 1.165) is 19.3 Å². The molecule has 1 saturated heterocycles. The molecule has 0 saturated carbocycles. The molecule has 0 spiro atoms. The van der Waals surface area contributed by atoms with Crippen molar-refractivity contribution in [3.05, 3.63) is 28.3 Å². The lowest BCUT2D eigenvalue weighted by molar-refractivity contribution is -0.384. The predicted octanol–water partition coefficient (Wildman–Crippen LogP) is 3.80. The summed E-state index contributed by atoms with van der Waals surface area (Å²) >= 11 is 0. The van der Waals surface area contributed by atoms with E-state index in [1.807, 2.05) is 21.6 Å². The highest BCUT2D eigenvalue weighted by Gasteiger charge is 2.17. The number of amides is 1. The van der Waals surface area contributed by atoms with Gasteiger partial charge in [-0.05, 0) is 25.3 Å². The zero-order valence-electron chi connectivity index (χ0n) is 15.0. The van der Waals surface area contributed by atoms with Crippen LogP contribution >= 0.6 is 21.6 Å². The molecule has 1 aromatic rings. The minimum Gasteiger partial charge on any atom is -0.495 e. The molecule has 1 heterocycles. The first-order valence-electron chi connectivity index (χ1n) is 8.55. The largest absolute Gasteiger partial charge is 0.495 e. The molecule has 148 valence electrons. The Kier molecular flexibility index (Phi) is 8.73. The first-order chi connectivity index (χ1) is 13.0. The highest BCUT2D eigenvalue weighted by Crippen LogP contribution is 2.39. The lowest BCUT2D eigenvalue weighted by Crippen LogP contribution is -2.21. The maximum absolute atomic E-state index is 12.0. The highest BCUT2D eigenvalue weighted by atomic mass is 33.1. The number of unbranched alkanes of at least 4 members (excludes halogenated alkanes) is 1. The third-order valence-electron chi connectivity index (χ3n) is 3.92. The first kappa shape index (κ1) is 21.4. The van der Waals surface area contributed by atoms with Crippen molar-refractivity contribution in [2.75, 3.05) is 24.8 Å². The van der Waals surface area contributed by atoms with Gasteiger partial charge in [0.15, 0.2) is 6.61 Å². The molecule has 2 rings (SSSR count). The molecule has 27 heavy (non-hydrogen) atoms. The number of nitro benzene ring substituents is 1. The summed E-state index contributed by atoms with van der Waals surface area (Å²) in [4.78, 5) is 34.0. The van der Waals surface area contributed by atoms with Gasteiger partial charge in [-0.15, -0.1) is 0 Å². The molecule has 10 heteroatoms. The summed E-state index contributed by atoms with van der Waals surface area (Å²) < 4.78 is 10.0. The van der Waals surface area contributed by atoms with E-state index in [2.05, 4.69) is 5.32 Å². The fraction of sp³-hybridized carbons (Fsp3) is 0.529. The van der Waals surface area contributed by atoms with E-state index in [1.54, 1.807) is 0 Å². The Hall–Kier alpha value is -1.94. The summed E-state index contributed by atoms with van der Waals surface area (Å²) in [5.74, 6) is 0.469. The molecule has 8 nitrogen and oxygen atoms in total. The minimum absolute atomic E-state index is 0.152. The number of ether oxygens (including phenoxy) is 2. The maximum Gasteiger partial charge on any atom is 0.306 e. The minimum atomic E-state index is -0.582. The molecule has 1 atom stereocenters. The van der Waals surface area contributed by atoms with Crippen molar-refractivity contribution in [2.24, 2.45) is 0 Å². The average Bonchev–Trinajstić information content (AvgIpc) is 3.17. The number of carbonyl (C=O) groups excluding carboxylic acids is 2. The molecule has 1 aliphatic rings. The average molecular weight is 415 g/mol. The number of hydrogen-bond donors (Lipinski definition) is 1. The number of hydrogen-bond acceptors (Lipinski definition) is 8. The van der Waals surface area contributed by atoms with Crippen LogP contribution in [0.25, 0.3) is 0 Å². The van der Waals surface area contributed by atoms with Gasteiger partial charge in [-0.3, -0.25) is 19.7 Å². The number of methoxy groups -OCH3 is 1. The van der Waals surface area contributed by atoms with Gasteiger partial charge in [0.25, 0.3) is 11.6 Å². The second-order valence-corrected chi connectivity index (χ2v) is 8.71. The molecule has 0 bridgehead atoms. The van der Waals surface area contributed by atoms with Crippen molar-refractivity contribution in [2.45, 2.75) is 37.4 Å². The first-order valence-corrected chi connectivity index (χ1v) is 10.9. The number of non-ortho nitro benzene ring substituents is 1. The van der Waals surface area contributed by atoms with E-state index in [9.17, 15) is 19.7 Å². The van der Waals surface area contributed by atoms with E-state index < -0.39 is 23.4 Å². The van der Waals surface area contributed by atoms with Gasteiger partial charge in [0.2, 0.25) is 0 Å². The number of nitrogens with zero attached hydrogens (tertiary/aromatic N) is 1. The zero-order chi connectivity index (χ0) is 19.6. The van der Waals surface area contributed by atoms with Crippen molar-refractivity contribution < 1.29 is 24.0 Å². The quantitative estimate of drug-likeness (QED) is 0.202. The van der Waals surface area contributed by atoms with Crippen LogP contribution in [0, 0.1) is 10.1 Å². The SMILES string of the molecule is COc1ccc([N+](=O)[O-])cc1NC(=O)COC(=O)CCCC[C@H]1CCSS1. The Morgan fingerprint density at radius 1 is 1.37 bits per heavy atom. The van der Waals surface area contributed by atoms with Crippen LogP contribution < -0.4 is 10.1 Å². The second-order valence-electron chi connectivity index (χ2n) is 5.93. The zero-order valence-corrected chi connectivity index (χ0v) is 16.6. The number of esters is 1. The Balaban J connectivity index is 1.71. The number of benzene rings is 1. The molecule has 1 amide bonds. The van der Waals surface area contributed by atoms with Crippen LogP contribution in [0.2, 0.25) is 0 Å². The Bertz CT molecular complexity index is 679. The van der Waals surface area contributed by atoms with Gasteiger partial charge in [-0.1, -0.05) is 28.0 Å². The lowest BCUT2D eigenvalue weighted by Gasteiger charge is -2.10. The third kappa shape index (κ3) is 7.30. The van der Waals surface area contributed by atoms with E-state index in [4.69, 9.17) is 9.47 Å². The number of rotatable bonds is 10. The van der Waals surface area contributed by atoms with Crippen molar-refractivity contribution >= 4 is 44.8 Å². The van der Waals surface area contributed by atoms with Crippen molar-refractivity contribution in [1.29, 1.82) is 0 Å². The van der Waals surface area contributed by atoms with Crippen LogP contribution in [0.4, 0.5) is 11.4 Å². The molecule has 0 radical (unpaired) electrons. The molecule has 1 fully saturated rings. The third-order valence-corrected chi connectivity index (χ3v) is 6.92. The number of nitrogens with one attached hydrogen (secondary N) is 1. The fourth-order valence-electron chi connectivity index (χ4n) is 2.52. The maximum atomic E-state index is 12.0. The fourth-order valence-corrected chi connectivity index (χ4v) is 5.55. The standard InChI is InChI=1S/C17H22N2O6S2/c1-24-15-7-6-12(19(22)23)10-14(15)18-16(20)11-25-17(21)5-3-2-4-13-8-9-26-27-13/h6-7,10,13H,2-5,8-9,11H2,1H3,(H,18,20)/t13-/m0/s1. The molecule has 0 unspecified atom stereocenters. The van der Waals surface area contributed by atoms with E-state index in [0.29, 0.717) is 5.25 Å². The predicted molar refractivity (Wildman–Crippen MR) is 106 cm³/mol. The molecule has 1 aromatic carbocycles. The van der Waals surface area contributed by atoms with E-state index in [1.165, 1.54) is 37.5 Å². The molecule has 0 aliphatic carbocycles. The van der Waals surface area contributed by atoms with Gasteiger partial charge in [-0.2, -0.15) is 0 Å². The van der Waals surface area contributed by atoms with Gasteiger partial charge in [0.1, 0.15) is 5.75 Å². The topological polar surface area (TPSA) is 108 Å². The summed E-state index contributed by atoms with van der Waals surface area (Å²) in [5.41, 5.74) is -0.0263. The summed E-state index contributed by atoms with van der Waals surface area (Å²) in [6, 6.07) is 3.86. The molecular formula is C17H22N2O6S2. The molecule has 1 N–H and O–H groups in total. The van der Waals surface area contributed by atoms with Crippen LogP contribution in [0.3, 0.4) is 0 Å². The number of carbonyl (C=O) groups is 2.